The molecule has 0 aliphatic carbocycles. The normalized spacial score (nSPS) is 10.4. The summed E-state index contributed by atoms with van der Waals surface area (Å²) < 4.78 is 21.6. The van der Waals surface area contributed by atoms with Gasteiger partial charge in [0.1, 0.15) is 23.4 Å². The SMILES string of the molecule is COc1cccc(Nc2ncnc3c(OC)c(OC)c(OC)cc23)c1. The number of nitrogens with one attached hydrogen (secondary N) is 1. The van der Waals surface area contributed by atoms with Crippen molar-refractivity contribution in [3.05, 3.63) is 36.7 Å². The summed E-state index contributed by atoms with van der Waals surface area (Å²) in [5, 5.41) is 4.03. The number of rotatable bonds is 6. The van der Waals surface area contributed by atoms with Gasteiger partial charge in [-0.2, -0.15) is 0 Å². The minimum absolute atomic E-state index is 0.489. The molecule has 0 spiro atoms. The maximum absolute atomic E-state index is 5.49. The standard InChI is InChI=1S/C18H19N3O4/c1-22-12-7-5-6-11(8-12)21-18-13-9-14(23-2)16(24-3)17(25-4)15(13)19-10-20-18/h5-10H,1-4H3,(H,19,20,21). The quantitative estimate of drug-likeness (QED) is 0.736. The van der Waals surface area contributed by atoms with Gasteiger partial charge >= 0.3 is 0 Å². The van der Waals surface area contributed by atoms with Crippen LogP contribution in [0.15, 0.2) is 36.7 Å². The van der Waals surface area contributed by atoms with Gasteiger partial charge in [0.25, 0.3) is 0 Å². The lowest BCUT2D eigenvalue weighted by atomic mass is 10.1. The van der Waals surface area contributed by atoms with Gasteiger partial charge in [0, 0.05) is 11.8 Å². The van der Waals surface area contributed by atoms with Crippen molar-refractivity contribution in [2.45, 2.75) is 0 Å². The highest BCUT2D eigenvalue weighted by molar-refractivity contribution is 5.97. The van der Waals surface area contributed by atoms with Gasteiger partial charge in [0.15, 0.2) is 11.5 Å². The number of hydrogen-bond acceptors (Lipinski definition) is 7. The van der Waals surface area contributed by atoms with Crippen LogP contribution in [0.25, 0.3) is 10.9 Å². The van der Waals surface area contributed by atoms with Crippen LogP contribution in [-0.2, 0) is 0 Å². The Bertz CT molecular complexity index is 899. The molecule has 130 valence electrons. The van der Waals surface area contributed by atoms with E-state index >= 15 is 0 Å². The Labute approximate surface area is 145 Å². The Morgan fingerprint density at radius 3 is 2.32 bits per heavy atom. The zero-order chi connectivity index (χ0) is 17.8. The molecule has 1 N–H and O–H groups in total. The van der Waals surface area contributed by atoms with E-state index in [0.29, 0.717) is 28.6 Å². The molecule has 2 aromatic carbocycles. The number of ether oxygens (including phenoxy) is 4. The van der Waals surface area contributed by atoms with Crippen LogP contribution in [0.2, 0.25) is 0 Å². The van der Waals surface area contributed by atoms with Gasteiger partial charge in [0.2, 0.25) is 5.75 Å². The van der Waals surface area contributed by atoms with Crippen molar-refractivity contribution in [2.75, 3.05) is 33.8 Å². The fraction of sp³-hybridized carbons (Fsp3) is 0.222. The zero-order valence-electron chi connectivity index (χ0n) is 14.5. The molecule has 0 aliphatic heterocycles. The Kier molecular flexibility index (Phi) is 4.74. The first-order valence-electron chi connectivity index (χ1n) is 7.56. The number of nitrogens with zero attached hydrogens (tertiary/aromatic N) is 2. The zero-order valence-corrected chi connectivity index (χ0v) is 14.5. The van der Waals surface area contributed by atoms with Crippen LogP contribution in [0.5, 0.6) is 23.0 Å². The van der Waals surface area contributed by atoms with E-state index in [2.05, 4.69) is 15.3 Å². The third-order valence-corrected chi connectivity index (χ3v) is 3.77. The van der Waals surface area contributed by atoms with Crippen LogP contribution < -0.4 is 24.3 Å². The van der Waals surface area contributed by atoms with Crippen molar-refractivity contribution < 1.29 is 18.9 Å². The first-order chi connectivity index (χ1) is 12.2. The molecule has 1 heterocycles. The third kappa shape index (κ3) is 3.08. The number of benzene rings is 2. The molecule has 3 rings (SSSR count). The maximum Gasteiger partial charge on any atom is 0.205 e. The van der Waals surface area contributed by atoms with Gasteiger partial charge in [0.05, 0.1) is 33.8 Å². The lowest BCUT2D eigenvalue weighted by molar-refractivity contribution is 0.327. The van der Waals surface area contributed by atoms with Crippen molar-refractivity contribution in [1.82, 2.24) is 9.97 Å². The summed E-state index contributed by atoms with van der Waals surface area (Å²) in [7, 11) is 6.32. The van der Waals surface area contributed by atoms with Crippen molar-refractivity contribution >= 4 is 22.4 Å². The predicted molar refractivity (Wildman–Crippen MR) is 95.5 cm³/mol. The third-order valence-electron chi connectivity index (χ3n) is 3.77. The smallest absolute Gasteiger partial charge is 0.205 e. The van der Waals surface area contributed by atoms with Gasteiger partial charge in [-0.25, -0.2) is 9.97 Å². The van der Waals surface area contributed by atoms with E-state index < -0.39 is 0 Å². The second kappa shape index (κ2) is 7.12. The molecule has 25 heavy (non-hydrogen) atoms. The molecule has 0 aliphatic rings. The number of anilines is 2. The van der Waals surface area contributed by atoms with E-state index in [1.54, 1.807) is 28.4 Å². The molecule has 0 fully saturated rings. The molecule has 0 atom stereocenters. The number of methoxy groups -OCH3 is 4. The van der Waals surface area contributed by atoms with E-state index in [1.165, 1.54) is 6.33 Å². The summed E-state index contributed by atoms with van der Waals surface area (Å²) in [4.78, 5) is 8.68. The van der Waals surface area contributed by atoms with Gasteiger partial charge in [-0.05, 0) is 18.2 Å². The summed E-state index contributed by atoms with van der Waals surface area (Å²) in [6, 6.07) is 9.40. The van der Waals surface area contributed by atoms with Crippen LogP contribution in [-0.4, -0.2) is 38.4 Å². The minimum atomic E-state index is 0.489. The van der Waals surface area contributed by atoms with Crippen LogP contribution in [0.4, 0.5) is 11.5 Å². The molecular weight excluding hydrogens is 322 g/mol. The Morgan fingerprint density at radius 1 is 0.840 bits per heavy atom. The molecule has 3 aromatic rings. The minimum Gasteiger partial charge on any atom is -0.497 e. The number of hydrogen-bond donors (Lipinski definition) is 1. The lowest BCUT2D eigenvalue weighted by Crippen LogP contribution is -2.01. The Morgan fingerprint density at radius 2 is 1.64 bits per heavy atom. The molecule has 0 bridgehead atoms. The van der Waals surface area contributed by atoms with Crippen LogP contribution >= 0.6 is 0 Å². The predicted octanol–water partition coefficient (Wildman–Crippen LogP) is 3.41. The second-order valence-electron chi connectivity index (χ2n) is 5.12. The van der Waals surface area contributed by atoms with E-state index in [1.807, 2.05) is 30.3 Å². The number of fused-ring (bicyclic) bond motifs is 1. The van der Waals surface area contributed by atoms with E-state index in [-0.39, 0.29) is 0 Å². The first-order valence-corrected chi connectivity index (χ1v) is 7.56. The molecule has 1 aromatic heterocycles. The summed E-state index contributed by atoms with van der Waals surface area (Å²) in [6.45, 7) is 0. The number of aromatic nitrogens is 2. The van der Waals surface area contributed by atoms with Crippen LogP contribution in [0.3, 0.4) is 0 Å². The largest absolute Gasteiger partial charge is 0.497 e. The molecule has 0 amide bonds. The summed E-state index contributed by atoms with van der Waals surface area (Å²) in [5.41, 5.74) is 1.47. The molecule has 7 heteroatoms. The molecule has 0 saturated carbocycles. The Balaban J connectivity index is 2.15. The van der Waals surface area contributed by atoms with E-state index in [0.717, 1.165) is 16.8 Å². The van der Waals surface area contributed by atoms with Crippen molar-refractivity contribution in [3.63, 3.8) is 0 Å². The fourth-order valence-corrected chi connectivity index (χ4v) is 2.60. The van der Waals surface area contributed by atoms with Crippen LogP contribution in [0.1, 0.15) is 0 Å². The summed E-state index contributed by atoms with van der Waals surface area (Å²) in [5.74, 6) is 2.89. The van der Waals surface area contributed by atoms with Crippen molar-refractivity contribution in [1.29, 1.82) is 0 Å². The molecule has 0 radical (unpaired) electrons. The van der Waals surface area contributed by atoms with Crippen molar-refractivity contribution in [3.8, 4) is 23.0 Å². The highest BCUT2D eigenvalue weighted by atomic mass is 16.5. The highest BCUT2D eigenvalue weighted by Gasteiger charge is 2.19. The average Bonchev–Trinajstić information content (AvgIpc) is 2.66. The lowest BCUT2D eigenvalue weighted by Gasteiger charge is -2.16. The molecule has 0 saturated heterocycles. The van der Waals surface area contributed by atoms with Gasteiger partial charge in [-0.15, -0.1) is 0 Å². The van der Waals surface area contributed by atoms with E-state index in [4.69, 9.17) is 18.9 Å². The molecule has 0 unspecified atom stereocenters. The highest BCUT2D eigenvalue weighted by Crippen LogP contribution is 2.44. The summed E-state index contributed by atoms with van der Waals surface area (Å²) >= 11 is 0. The topological polar surface area (TPSA) is 74.7 Å². The Hall–Kier alpha value is -3.22. The monoisotopic (exact) mass is 341 g/mol. The van der Waals surface area contributed by atoms with Gasteiger partial charge < -0.3 is 24.3 Å². The molecule has 7 nitrogen and oxygen atoms in total. The first kappa shape index (κ1) is 16.6. The van der Waals surface area contributed by atoms with Gasteiger partial charge in [-0.1, -0.05) is 6.07 Å². The summed E-state index contributed by atoms with van der Waals surface area (Å²) in [6.07, 6.45) is 1.47. The average molecular weight is 341 g/mol. The fourth-order valence-electron chi connectivity index (χ4n) is 2.60. The molecular formula is C18H19N3O4. The second-order valence-corrected chi connectivity index (χ2v) is 5.12. The van der Waals surface area contributed by atoms with E-state index in [9.17, 15) is 0 Å². The van der Waals surface area contributed by atoms with Gasteiger partial charge in [-0.3, -0.25) is 0 Å². The maximum atomic E-state index is 5.49. The van der Waals surface area contributed by atoms with Crippen molar-refractivity contribution in [2.24, 2.45) is 0 Å². The van der Waals surface area contributed by atoms with Crippen LogP contribution in [0, 0.1) is 0 Å².